The summed E-state index contributed by atoms with van der Waals surface area (Å²) in [6.07, 6.45) is 6.49. The van der Waals surface area contributed by atoms with Crippen molar-refractivity contribution in [2.45, 2.75) is 79.7 Å². The van der Waals surface area contributed by atoms with Gasteiger partial charge in [-0.05, 0) is 94.0 Å². The molecule has 0 bridgehead atoms. The Morgan fingerprint density at radius 3 is 2.59 bits per heavy atom. The van der Waals surface area contributed by atoms with E-state index in [-0.39, 0.29) is 11.3 Å². The summed E-state index contributed by atoms with van der Waals surface area (Å²) in [5, 5.41) is 0. The Bertz CT molecular complexity index is 1140. The average Bonchev–Trinajstić information content (AvgIpc) is 3.10. The number of nitrogens with zero attached hydrogens (tertiary/aromatic N) is 3. The van der Waals surface area contributed by atoms with Gasteiger partial charge in [-0.25, -0.2) is 4.98 Å². The van der Waals surface area contributed by atoms with Crippen molar-refractivity contribution in [2.75, 3.05) is 33.3 Å². The van der Waals surface area contributed by atoms with Gasteiger partial charge < -0.3 is 14.5 Å². The molecule has 1 amide bonds. The van der Waals surface area contributed by atoms with Gasteiger partial charge in [0.05, 0.1) is 19.2 Å². The van der Waals surface area contributed by atoms with E-state index in [1.54, 1.807) is 7.11 Å². The van der Waals surface area contributed by atoms with Crippen LogP contribution in [0.25, 0.3) is 0 Å². The molecule has 4 heterocycles. The number of likely N-dealkylation sites (tertiary alicyclic amines) is 1. The first-order chi connectivity index (χ1) is 17.5. The molecule has 37 heavy (non-hydrogen) atoms. The first-order valence-electron chi connectivity index (χ1n) is 13.8. The lowest BCUT2D eigenvalue weighted by molar-refractivity contribution is 0.0746. The second-order valence-corrected chi connectivity index (χ2v) is 13.0. The van der Waals surface area contributed by atoms with Crippen LogP contribution in [0.4, 0.5) is 0 Å². The van der Waals surface area contributed by atoms with Gasteiger partial charge in [0.1, 0.15) is 0 Å². The third-order valence-corrected chi connectivity index (χ3v) is 10.1. The van der Waals surface area contributed by atoms with Gasteiger partial charge in [-0.1, -0.05) is 26.8 Å². The minimum Gasteiger partial charge on any atom is -0.481 e. The number of aromatic nitrogens is 1. The Hall–Kier alpha value is -2.18. The summed E-state index contributed by atoms with van der Waals surface area (Å²) in [7, 11) is 1.66. The van der Waals surface area contributed by atoms with Crippen LogP contribution in [0.1, 0.15) is 88.4 Å². The summed E-state index contributed by atoms with van der Waals surface area (Å²) in [5.74, 6) is 1.95. The van der Waals surface area contributed by atoms with E-state index in [2.05, 4.69) is 63.2 Å². The fourth-order valence-corrected chi connectivity index (χ4v) is 7.66. The largest absolute Gasteiger partial charge is 0.481 e. The Labute approximate surface area is 227 Å². The van der Waals surface area contributed by atoms with Gasteiger partial charge >= 0.3 is 0 Å². The number of rotatable bonds is 8. The van der Waals surface area contributed by atoms with Crippen LogP contribution in [0.5, 0.6) is 5.88 Å². The minimum absolute atomic E-state index is 0.157. The van der Waals surface area contributed by atoms with Crippen LogP contribution in [0.2, 0.25) is 0 Å². The number of ether oxygens (including phenoxy) is 1. The van der Waals surface area contributed by atoms with Crippen LogP contribution < -0.4 is 4.74 Å². The smallest absolute Gasteiger partial charge is 0.255 e. The number of hydrogen-bond donors (Lipinski definition) is 0. The van der Waals surface area contributed by atoms with Crippen molar-refractivity contribution in [1.29, 1.82) is 0 Å². The molecule has 2 aromatic heterocycles. The summed E-state index contributed by atoms with van der Waals surface area (Å²) >= 11 is 1.90. The van der Waals surface area contributed by atoms with E-state index in [0.717, 1.165) is 61.4 Å². The van der Waals surface area contributed by atoms with E-state index in [1.165, 1.54) is 28.2 Å². The van der Waals surface area contributed by atoms with Crippen LogP contribution in [0.15, 0.2) is 18.7 Å². The molecule has 0 saturated carbocycles. The zero-order valence-electron chi connectivity index (χ0n) is 23.9. The van der Waals surface area contributed by atoms with E-state index in [1.807, 2.05) is 23.2 Å². The van der Waals surface area contributed by atoms with Crippen molar-refractivity contribution in [3.05, 3.63) is 56.4 Å². The summed E-state index contributed by atoms with van der Waals surface area (Å²) < 4.78 is 5.60. The number of methoxy groups -OCH3 is 1. The molecular weight excluding hydrogens is 478 g/mol. The number of aryl methyl sites for hydroxylation is 3. The SMILES string of the molecule is C=CC(C)(C)CN1CCC([C@@H](C)c2sc3c(c2C)C(=O)N(Cc2c(C)cc(C)nc2OC)CCC3)CC1. The fourth-order valence-electron chi connectivity index (χ4n) is 6.17. The predicted molar refractivity (Wildman–Crippen MR) is 154 cm³/mol. The van der Waals surface area contributed by atoms with Crippen molar-refractivity contribution in [2.24, 2.45) is 11.3 Å². The molecule has 2 aromatic rings. The molecule has 2 aliphatic heterocycles. The number of carbonyl (C=O) groups excluding carboxylic acids is 1. The zero-order chi connectivity index (χ0) is 26.9. The first kappa shape index (κ1) is 27.8. The van der Waals surface area contributed by atoms with Gasteiger partial charge in [0.15, 0.2) is 0 Å². The highest BCUT2D eigenvalue weighted by atomic mass is 32.1. The third kappa shape index (κ3) is 5.96. The summed E-state index contributed by atoms with van der Waals surface area (Å²) in [6, 6.07) is 2.07. The molecule has 4 rings (SSSR count). The number of piperidine rings is 1. The van der Waals surface area contributed by atoms with Gasteiger partial charge in [0.2, 0.25) is 5.88 Å². The molecule has 6 heteroatoms. The normalized spacial score (nSPS) is 18.5. The number of thiophene rings is 1. The maximum Gasteiger partial charge on any atom is 0.255 e. The van der Waals surface area contributed by atoms with Gasteiger partial charge in [0, 0.05) is 34.1 Å². The Morgan fingerprint density at radius 1 is 1.24 bits per heavy atom. The van der Waals surface area contributed by atoms with E-state index in [4.69, 9.17) is 4.74 Å². The number of pyridine rings is 1. The second kappa shape index (κ2) is 11.3. The summed E-state index contributed by atoms with van der Waals surface area (Å²) in [6.45, 7) is 21.9. The van der Waals surface area contributed by atoms with E-state index >= 15 is 0 Å². The minimum atomic E-state index is 0.157. The highest BCUT2D eigenvalue weighted by Gasteiger charge is 2.33. The number of amides is 1. The lowest BCUT2D eigenvalue weighted by Crippen LogP contribution is -2.40. The summed E-state index contributed by atoms with van der Waals surface area (Å²) in [5.41, 5.74) is 5.41. The Balaban J connectivity index is 1.51. The van der Waals surface area contributed by atoms with Crippen molar-refractivity contribution < 1.29 is 9.53 Å². The topological polar surface area (TPSA) is 45.7 Å². The predicted octanol–water partition coefficient (Wildman–Crippen LogP) is 6.69. The zero-order valence-corrected chi connectivity index (χ0v) is 24.8. The molecule has 1 atom stereocenters. The number of fused-ring (bicyclic) bond motifs is 1. The Kier molecular flexibility index (Phi) is 8.49. The molecule has 0 N–H and O–H groups in total. The highest BCUT2D eigenvalue weighted by Crippen LogP contribution is 2.42. The quantitative estimate of drug-likeness (QED) is 0.362. The van der Waals surface area contributed by atoms with E-state index < -0.39 is 0 Å². The summed E-state index contributed by atoms with van der Waals surface area (Å²) in [4.78, 5) is 25.8. The molecule has 0 spiro atoms. The molecule has 1 saturated heterocycles. The first-order valence-corrected chi connectivity index (χ1v) is 14.6. The van der Waals surface area contributed by atoms with Crippen LogP contribution in [-0.2, 0) is 13.0 Å². The van der Waals surface area contributed by atoms with Crippen molar-refractivity contribution in [3.8, 4) is 5.88 Å². The maximum absolute atomic E-state index is 13.9. The highest BCUT2D eigenvalue weighted by molar-refractivity contribution is 7.12. The Morgan fingerprint density at radius 2 is 1.95 bits per heavy atom. The van der Waals surface area contributed by atoms with E-state index in [9.17, 15) is 4.79 Å². The lowest BCUT2D eigenvalue weighted by Gasteiger charge is -2.38. The lowest BCUT2D eigenvalue weighted by atomic mass is 9.82. The molecule has 0 aromatic carbocycles. The van der Waals surface area contributed by atoms with Crippen LogP contribution in [0.3, 0.4) is 0 Å². The molecule has 2 aliphatic rings. The van der Waals surface area contributed by atoms with Crippen molar-refractivity contribution >= 4 is 17.2 Å². The van der Waals surface area contributed by atoms with Gasteiger partial charge in [-0.2, -0.15) is 0 Å². The van der Waals surface area contributed by atoms with Crippen LogP contribution in [0, 0.1) is 32.1 Å². The standard InChI is InChI=1S/C31H45N3O2S/c1-9-31(6,7)19-33-15-12-24(13-16-33)22(4)28-23(5)27-26(37-28)11-10-14-34(30(27)35)18-25-20(2)17-21(3)32-29(25)36-8/h9,17,22,24H,1,10-16,18-19H2,2-8H3/t22-/m1/s1. The molecule has 202 valence electrons. The molecular formula is C31H45N3O2S. The number of carbonyl (C=O) groups is 1. The van der Waals surface area contributed by atoms with Gasteiger partial charge in [0.25, 0.3) is 5.91 Å². The second-order valence-electron chi connectivity index (χ2n) is 11.9. The monoisotopic (exact) mass is 523 g/mol. The maximum atomic E-state index is 13.9. The molecule has 0 unspecified atom stereocenters. The van der Waals surface area contributed by atoms with Crippen LogP contribution in [-0.4, -0.2) is 54.0 Å². The molecule has 1 fully saturated rings. The fraction of sp³-hybridized carbons (Fsp3) is 0.613. The van der Waals surface area contributed by atoms with Gasteiger partial charge in [-0.3, -0.25) is 4.79 Å². The molecule has 0 radical (unpaired) electrons. The van der Waals surface area contributed by atoms with Crippen LogP contribution >= 0.6 is 11.3 Å². The van der Waals surface area contributed by atoms with Crippen molar-refractivity contribution in [3.63, 3.8) is 0 Å². The van der Waals surface area contributed by atoms with E-state index in [0.29, 0.717) is 24.3 Å². The average molecular weight is 524 g/mol. The molecule has 0 aliphatic carbocycles. The third-order valence-electron chi connectivity index (χ3n) is 8.51. The number of hydrogen-bond acceptors (Lipinski definition) is 5. The van der Waals surface area contributed by atoms with Gasteiger partial charge in [-0.15, -0.1) is 17.9 Å². The van der Waals surface area contributed by atoms with Crippen molar-refractivity contribution in [1.82, 2.24) is 14.8 Å². The molecule has 5 nitrogen and oxygen atoms in total.